The number of para-hydroxylation sites is 1. The van der Waals surface area contributed by atoms with Crippen molar-refractivity contribution in [3.05, 3.63) is 64.1 Å². The van der Waals surface area contributed by atoms with E-state index in [-0.39, 0.29) is 35.6 Å². The Morgan fingerprint density at radius 2 is 1.79 bits per heavy atom. The van der Waals surface area contributed by atoms with Gasteiger partial charge >= 0.3 is 5.97 Å². The van der Waals surface area contributed by atoms with Gasteiger partial charge in [-0.05, 0) is 37.5 Å². The number of nitrogens with zero attached hydrogens (tertiary/aromatic N) is 3. The van der Waals surface area contributed by atoms with Crippen LogP contribution in [-0.4, -0.2) is 26.0 Å². The van der Waals surface area contributed by atoms with E-state index in [1.165, 1.54) is 4.68 Å². The molecule has 150 valence electrons. The first-order chi connectivity index (χ1) is 13.9. The third-order valence-corrected chi connectivity index (χ3v) is 4.59. The standard InChI is InChI=1S/C21H22N4O4/c1-13-7-3-4-8-15(13)16-9-5-10-17(20(16)28)22-23-19-14(2)24-25(21(19)29)12-6-11-18(26)27/h3-5,7-10,24,28H,6,11-12H2,1-2H3,(H,26,27). The summed E-state index contributed by atoms with van der Waals surface area (Å²) in [7, 11) is 0. The molecular weight excluding hydrogens is 372 g/mol. The molecule has 29 heavy (non-hydrogen) atoms. The highest BCUT2D eigenvalue weighted by molar-refractivity contribution is 5.78. The summed E-state index contributed by atoms with van der Waals surface area (Å²) in [6.07, 6.45) is 0.298. The number of H-pyrrole nitrogens is 1. The summed E-state index contributed by atoms with van der Waals surface area (Å²) in [5.41, 5.74) is 3.05. The fourth-order valence-electron chi connectivity index (χ4n) is 3.07. The van der Waals surface area contributed by atoms with Crippen LogP contribution in [0.4, 0.5) is 11.4 Å². The van der Waals surface area contributed by atoms with Crippen LogP contribution in [0.15, 0.2) is 57.5 Å². The highest BCUT2D eigenvalue weighted by atomic mass is 16.4. The Morgan fingerprint density at radius 1 is 1.07 bits per heavy atom. The van der Waals surface area contributed by atoms with Crippen molar-refractivity contribution in [1.29, 1.82) is 0 Å². The monoisotopic (exact) mass is 394 g/mol. The topological polar surface area (TPSA) is 120 Å². The van der Waals surface area contributed by atoms with Crippen LogP contribution in [0.2, 0.25) is 0 Å². The maximum absolute atomic E-state index is 12.5. The average Bonchev–Trinajstić information content (AvgIpc) is 2.95. The summed E-state index contributed by atoms with van der Waals surface area (Å²) in [5, 5.41) is 30.4. The molecule has 0 aliphatic carbocycles. The summed E-state index contributed by atoms with van der Waals surface area (Å²) in [6, 6.07) is 12.9. The quantitative estimate of drug-likeness (QED) is 0.513. The van der Waals surface area contributed by atoms with Gasteiger partial charge in [0.05, 0.1) is 5.69 Å². The smallest absolute Gasteiger partial charge is 0.303 e. The van der Waals surface area contributed by atoms with Gasteiger partial charge in [-0.3, -0.25) is 19.4 Å². The van der Waals surface area contributed by atoms with E-state index in [0.29, 0.717) is 17.7 Å². The second kappa shape index (κ2) is 8.55. The first-order valence-corrected chi connectivity index (χ1v) is 9.19. The second-order valence-electron chi connectivity index (χ2n) is 6.73. The van der Waals surface area contributed by atoms with Crippen molar-refractivity contribution >= 4 is 17.3 Å². The van der Waals surface area contributed by atoms with Crippen LogP contribution in [0.5, 0.6) is 5.75 Å². The first kappa shape index (κ1) is 20.1. The number of hydrogen-bond donors (Lipinski definition) is 3. The number of phenols is 1. The molecule has 0 amide bonds. The van der Waals surface area contributed by atoms with Gasteiger partial charge in [-0.2, -0.15) is 0 Å². The summed E-state index contributed by atoms with van der Waals surface area (Å²) in [6.45, 7) is 3.89. The van der Waals surface area contributed by atoms with Crippen molar-refractivity contribution in [2.75, 3.05) is 0 Å². The molecule has 0 atom stereocenters. The van der Waals surface area contributed by atoms with Gasteiger partial charge in [0.2, 0.25) is 0 Å². The van der Waals surface area contributed by atoms with Crippen molar-refractivity contribution in [2.45, 2.75) is 33.2 Å². The van der Waals surface area contributed by atoms with Gasteiger partial charge in [-0.1, -0.05) is 36.4 Å². The van der Waals surface area contributed by atoms with Gasteiger partial charge in [0.1, 0.15) is 5.69 Å². The van der Waals surface area contributed by atoms with Gasteiger partial charge in [-0.25, -0.2) is 0 Å². The summed E-state index contributed by atoms with van der Waals surface area (Å²) in [4.78, 5) is 23.1. The number of aliphatic carboxylic acids is 1. The third kappa shape index (κ3) is 4.43. The maximum Gasteiger partial charge on any atom is 0.303 e. The Bertz CT molecular complexity index is 1130. The number of benzene rings is 2. The van der Waals surface area contributed by atoms with Crippen molar-refractivity contribution < 1.29 is 15.0 Å². The molecular formula is C21H22N4O4. The van der Waals surface area contributed by atoms with Crippen molar-refractivity contribution in [2.24, 2.45) is 10.2 Å². The summed E-state index contributed by atoms with van der Waals surface area (Å²) >= 11 is 0. The highest BCUT2D eigenvalue weighted by Gasteiger charge is 2.13. The van der Waals surface area contributed by atoms with E-state index in [9.17, 15) is 14.7 Å². The van der Waals surface area contributed by atoms with E-state index in [1.54, 1.807) is 25.1 Å². The van der Waals surface area contributed by atoms with Gasteiger partial charge < -0.3 is 10.2 Å². The number of carbonyl (C=O) groups is 1. The highest BCUT2D eigenvalue weighted by Crippen LogP contribution is 2.38. The molecule has 0 bridgehead atoms. The molecule has 0 fully saturated rings. The predicted molar refractivity (Wildman–Crippen MR) is 109 cm³/mol. The molecule has 8 nitrogen and oxygen atoms in total. The number of hydrogen-bond acceptors (Lipinski definition) is 5. The van der Waals surface area contributed by atoms with Crippen molar-refractivity contribution in [3.8, 4) is 16.9 Å². The van der Waals surface area contributed by atoms with E-state index in [1.807, 2.05) is 31.2 Å². The third-order valence-electron chi connectivity index (χ3n) is 4.59. The minimum Gasteiger partial charge on any atom is -0.505 e. The molecule has 3 aromatic rings. The number of aromatic nitrogens is 2. The number of carboxylic acid groups (broad SMARTS) is 1. The zero-order valence-electron chi connectivity index (χ0n) is 16.2. The molecule has 2 aromatic carbocycles. The van der Waals surface area contributed by atoms with Crippen LogP contribution in [0.3, 0.4) is 0 Å². The lowest BCUT2D eigenvalue weighted by Crippen LogP contribution is -2.17. The number of aryl methyl sites for hydroxylation is 3. The number of nitrogens with one attached hydrogen (secondary N) is 1. The van der Waals surface area contributed by atoms with Crippen molar-refractivity contribution in [3.63, 3.8) is 0 Å². The van der Waals surface area contributed by atoms with E-state index in [4.69, 9.17) is 5.11 Å². The molecule has 0 saturated carbocycles. The number of aromatic hydroxyl groups is 1. The Labute approximate surface area is 167 Å². The fraction of sp³-hybridized carbons (Fsp3) is 0.238. The number of aromatic amines is 1. The minimum absolute atomic E-state index is 0.0134. The van der Waals surface area contributed by atoms with Gasteiger partial charge in [-0.15, -0.1) is 10.2 Å². The lowest BCUT2D eigenvalue weighted by molar-refractivity contribution is -0.137. The number of rotatable bonds is 7. The number of carboxylic acids is 1. The lowest BCUT2D eigenvalue weighted by atomic mass is 9.99. The molecule has 3 rings (SSSR count). The van der Waals surface area contributed by atoms with Crippen LogP contribution >= 0.6 is 0 Å². The molecule has 8 heteroatoms. The van der Waals surface area contributed by atoms with Crippen LogP contribution in [0.1, 0.15) is 24.1 Å². The Hall–Kier alpha value is -3.68. The second-order valence-corrected chi connectivity index (χ2v) is 6.73. The van der Waals surface area contributed by atoms with E-state index >= 15 is 0 Å². The lowest BCUT2D eigenvalue weighted by Gasteiger charge is -2.09. The average molecular weight is 394 g/mol. The van der Waals surface area contributed by atoms with Gasteiger partial charge in [0, 0.05) is 18.5 Å². The maximum atomic E-state index is 12.5. The van der Waals surface area contributed by atoms with Crippen LogP contribution in [0, 0.1) is 13.8 Å². The molecule has 0 spiro atoms. The molecule has 0 radical (unpaired) electrons. The number of azo groups is 1. The molecule has 0 unspecified atom stereocenters. The molecule has 0 aliphatic heterocycles. The van der Waals surface area contributed by atoms with Crippen LogP contribution in [0.25, 0.3) is 11.1 Å². The molecule has 1 aromatic heterocycles. The molecule has 3 N–H and O–H groups in total. The Morgan fingerprint density at radius 3 is 2.52 bits per heavy atom. The fourth-order valence-corrected chi connectivity index (χ4v) is 3.07. The summed E-state index contributed by atoms with van der Waals surface area (Å²) in [5.74, 6) is -0.925. The van der Waals surface area contributed by atoms with E-state index in [2.05, 4.69) is 15.3 Å². The van der Waals surface area contributed by atoms with Gasteiger partial charge in [0.25, 0.3) is 5.56 Å². The van der Waals surface area contributed by atoms with Crippen LogP contribution < -0.4 is 5.56 Å². The molecule has 0 aliphatic rings. The Kier molecular flexibility index (Phi) is 5.92. The van der Waals surface area contributed by atoms with Crippen molar-refractivity contribution in [1.82, 2.24) is 9.78 Å². The SMILES string of the molecule is Cc1ccccc1-c1cccc(N=Nc2c(C)[nH]n(CCCC(=O)O)c2=O)c1O. The first-order valence-electron chi connectivity index (χ1n) is 9.19. The largest absolute Gasteiger partial charge is 0.505 e. The Balaban J connectivity index is 1.89. The van der Waals surface area contributed by atoms with Gasteiger partial charge in [0.15, 0.2) is 11.4 Å². The zero-order chi connectivity index (χ0) is 21.0. The van der Waals surface area contributed by atoms with E-state index in [0.717, 1.165) is 11.1 Å². The summed E-state index contributed by atoms with van der Waals surface area (Å²) < 4.78 is 1.32. The predicted octanol–water partition coefficient (Wildman–Crippen LogP) is 4.45. The minimum atomic E-state index is -0.912. The van der Waals surface area contributed by atoms with Crippen LogP contribution in [-0.2, 0) is 11.3 Å². The normalized spacial score (nSPS) is 11.2. The zero-order valence-corrected chi connectivity index (χ0v) is 16.2. The number of phenolic OH excluding ortho intramolecular Hbond substituents is 1. The van der Waals surface area contributed by atoms with E-state index < -0.39 is 5.97 Å². The molecule has 1 heterocycles. The molecule has 0 saturated heterocycles.